The van der Waals surface area contributed by atoms with Crippen LogP contribution in [0.5, 0.6) is 0 Å². The maximum absolute atomic E-state index is 12.3. The van der Waals surface area contributed by atoms with E-state index < -0.39 is 23.6 Å². The number of pyridine rings is 1. The topological polar surface area (TPSA) is 70.5 Å². The Bertz CT molecular complexity index is 486. The summed E-state index contributed by atoms with van der Waals surface area (Å²) in [6.07, 6.45) is -3.73. The number of halogens is 3. The standard InChI is InChI=1S/C12H13F3N2O3/c1-17(6-2-3-10(18)19)11(20)9-5-4-8(7-16-9)12(13,14)15/h4-5,7H,2-3,6H2,1H3,(H,18,19). The molecule has 1 aromatic rings. The molecule has 110 valence electrons. The van der Waals surface area contributed by atoms with E-state index in [1.54, 1.807) is 0 Å². The number of aliphatic carboxylic acids is 1. The van der Waals surface area contributed by atoms with E-state index in [0.29, 0.717) is 6.20 Å². The molecule has 0 aliphatic rings. The van der Waals surface area contributed by atoms with Crippen molar-refractivity contribution in [3.63, 3.8) is 0 Å². The molecule has 0 atom stereocenters. The second-order valence-electron chi connectivity index (χ2n) is 4.15. The lowest BCUT2D eigenvalue weighted by atomic mass is 10.2. The SMILES string of the molecule is CN(CCCC(=O)O)C(=O)c1ccc(C(F)(F)F)cn1. The summed E-state index contributed by atoms with van der Waals surface area (Å²) < 4.78 is 37.0. The first-order valence-corrected chi connectivity index (χ1v) is 5.72. The highest BCUT2D eigenvalue weighted by Gasteiger charge is 2.31. The number of carbonyl (C=O) groups is 2. The molecule has 0 spiro atoms. The third-order valence-electron chi connectivity index (χ3n) is 2.54. The molecule has 1 N–H and O–H groups in total. The molecule has 1 rings (SSSR count). The summed E-state index contributed by atoms with van der Waals surface area (Å²) in [4.78, 5) is 26.8. The molecule has 0 unspecified atom stereocenters. The van der Waals surface area contributed by atoms with Crippen molar-refractivity contribution in [1.29, 1.82) is 0 Å². The van der Waals surface area contributed by atoms with E-state index in [-0.39, 0.29) is 25.1 Å². The lowest BCUT2D eigenvalue weighted by molar-refractivity contribution is -0.138. The third kappa shape index (κ3) is 4.52. The number of carbonyl (C=O) groups excluding carboxylic acids is 1. The maximum atomic E-state index is 12.3. The molecule has 0 saturated heterocycles. The summed E-state index contributed by atoms with van der Waals surface area (Å²) in [6, 6.07) is 1.78. The number of carboxylic acid groups (broad SMARTS) is 1. The van der Waals surface area contributed by atoms with Crippen LogP contribution in [0.25, 0.3) is 0 Å². The van der Waals surface area contributed by atoms with Crippen molar-refractivity contribution in [2.24, 2.45) is 0 Å². The van der Waals surface area contributed by atoms with Crippen molar-refractivity contribution in [2.45, 2.75) is 19.0 Å². The molecule has 0 bridgehead atoms. The highest BCUT2D eigenvalue weighted by Crippen LogP contribution is 2.28. The minimum atomic E-state index is -4.50. The Balaban J connectivity index is 2.65. The molecule has 20 heavy (non-hydrogen) atoms. The Labute approximate surface area is 113 Å². The summed E-state index contributed by atoms with van der Waals surface area (Å²) in [5, 5.41) is 8.47. The van der Waals surface area contributed by atoms with Gasteiger partial charge in [-0.15, -0.1) is 0 Å². The third-order valence-corrected chi connectivity index (χ3v) is 2.54. The van der Waals surface area contributed by atoms with Crippen LogP contribution in [0.4, 0.5) is 13.2 Å². The predicted octanol–water partition coefficient (Wildman–Crippen LogP) is 2.04. The maximum Gasteiger partial charge on any atom is 0.417 e. The number of rotatable bonds is 5. The summed E-state index contributed by atoms with van der Waals surface area (Å²) in [7, 11) is 1.43. The molecule has 1 heterocycles. The van der Waals surface area contributed by atoms with Gasteiger partial charge < -0.3 is 10.0 Å². The van der Waals surface area contributed by atoms with Crippen LogP contribution in [-0.2, 0) is 11.0 Å². The van der Waals surface area contributed by atoms with E-state index in [0.717, 1.165) is 12.1 Å². The van der Waals surface area contributed by atoms with Gasteiger partial charge in [-0.1, -0.05) is 0 Å². The molecular weight excluding hydrogens is 277 g/mol. The monoisotopic (exact) mass is 290 g/mol. The van der Waals surface area contributed by atoms with E-state index in [1.165, 1.54) is 11.9 Å². The van der Waals surface area contributed by atoms with Crippen molar-refractivity contribution in [2.75, 3.05) is 13.6 Å². The zero-order chi connectivity index (χ0) is 15.3. The molecule has 0 fully saturated rings. The molecule has 5 nitrogen and oxygen atoms in total. The number of alkyl halides is 3. The Morgan fingerprint density at radius 2 is 2.00 bits per heavy atom. The van der Waals surface area contributed by atoms with Crippen molar-refractivity contribution < 1.29 is 27.9 Å². The minimum absolute atomic E-state index is 0.0853. The highest BCUT2D eigenvalue weighted by molar-refractivity contribution is 5.92. The predicted molar refractivity (Wildman–Crippen MR) is 63.1 cm³/mol. The Morgan fingerprint density at radius 1 is 1.35 bits per heavy atom. The summed E-state index contributed by atoms with van der Waals surface area (Å²) in [5.74, 6) is -1.53. The summed E-state index contributed by atoms with van der Waals surface area (Å²) >= 11 is 0. The van der Waals surface area contributed by atoms with Crippen molar-refractivity contribution in [1.82, 2.24) is 9.88 Å². The quantitative estimate of drug-likeness (QED) is 0.900. The van der Waals surface area contributed by atoms with Gasteiger partial charge >= 0.3 is 12.1 Å². The molecule has 0 aliphatic heterocycles. The number of nitrogens with zero attached hydrogens (tertiary/aromatic N) is 2. The fourth-order valence-electron chi connectivity index (χ4n) is 1.45. The lowest BCUT2D eigenvalue weighted by Gasteiger charge is -2.16. The van der Waals surface area contributed by atoms with Gasteiger partial charge in [-0.3, -0.25) is 14.6 Å². The molecule has 8 heteroatoms. The van der Waals surface area contributed by atoms with Gasteiger partial charge in [-0.2, -0.15) is 13.2 Å². The van der Waals surface area contributed by atoms with Crippen LogP contribution >= 0.6 is 0 Å². The lowest BCUT2D eigenvalue weighted by Crippen LogP contribution is -2.29. The van der Waals surface area contributed by atoms with Gasteiger partial charge in [0.15, 0.2) is 0 Å². The van der Waals surface area contributed by atoms with Gasteiger partial charge in [0.1, 0.15) is 5.69 Å². The summed E-state index contributed by atoms with van der Waals surface area (Å²) in [5.41, 5.74) is -1.04. The van der Waals surface area contributed by atoms with Gasteiger partial charge in [0.05, 0.1) is 5.56 Å². The smallest absolute Gasteiger partial charge is 0.417 e. The molecule has 0 saturated carbocycles. The van der Waals surface area contributed by atoms with Crippen LogP contribution in [0.3, 0.4) is 0 Å². The van der Waals surface area contributed by atoms with Crippen LogP contribution in [0.1, 0.15) is 28.9 Å². The normalized spacial score (nSPS) is 11.2. The second-order valence-corrected chi connectivity index (χ2v) is 4.15. The van der Waals surface area contributed by atoms with E-state index >= 15 is 0 Å². The molecular formula is C12H13F3N2O3. The fourth-order valence-corrected chi connectivity index (χ4v) is 1.45. The van der Waals surface area contributed by atoms with Gasteiger partial charge in [-0.25, -0.2) is 0 Å². The molecule has 1 aromatic heterocycles. The Morgan fingerprint density at radius 3 is 2.45 bits per heavy atom. The van der Waals surface area contributed by atoms with Gasteiger partial charge in [0.2, 0.25) is 0 Å². The van der Waals surface area contributed by atoms with Crippen LogP contribution in [0.15, 0.2) is 18.3 Å². The first-order chi connectivity index (χ1) is 9.21. The van der Waals surface area contributed by atoms with Crippen LogP contribution in [0.2, 0.25) is 0 Å². The zero-order valence-corrected chi connectivity index (χ0v) is 10.6. The average Bonchev–Trinajstić information content (AvgIpc) is 2.36. The first kappa shape index (κ1) is 15.9. The van der Waals surface area contributed by atoms with E-state index in [9.17, 15) is 22.8 Å². The number of hydrogen-bond acceptors (Lipinski definition) is 3. The van der Waals surface area contributed by atoms with E-state index in [4.69, 9.17) is 5.11 Å². The Hall–Kier alpha value is -2.12. The Kier molecular flexibility index (Phi) is 5.06. The first-order valence-electron chi connectivity index (χ1n) is 5.72. The molecule has 0 radical (unpaired) electrons. The molecule has 1 amide bonds. The summed E-state index contributed by atoms with van der Waals surface area (Å²) in [6.45, 7) is 0.188. The zero-order valence-electron chi connectivity index (χ0n) is 10.6. The highest BCUT2D eigenvalue weighted by atomic mass is 19.4. The number of carboxylic acids is 1. The number of hydrogen-bond donors (Lipinski definition) is 1. The molecule has 0 aromatic carbocycles. The van der Waals surface area contributed by atoms with E-state index in [2.05, 4.69) is 4.98 Å². The largest absolute Gasteiger partial charge is 0.481 e. The van der Waals surface area contributed by atoms with Crippen molar-refractivity contribution >= 4 is 11.9 Å². The van der Waals surface area contributed by atoms with Crippen molar-refractivity contribution in [3.05, 3.63) is 29.6 Å². The van der Waals surface area contributed by atoms with Gasteiger partial charge in [0.25, 0.3) is 5.91 Å². The average molecular weight is 290 g/mol. The minimum Gasteiger partial charge on any atom is -0.481 e. The van der Waals surface area contributed by atoms with Crippen LogP contribution in [-0.4, -0.2) is 40.5 Å². The van der Waals surface area contributed by atoms with Gasteiger partial charge in [-0.05, 0) is 18.6 Å². The number of amides is 1. The van der Waals surface area contributed by atoms with Crippen LogP contribution in [0, 0.1) is 0 Å². The fraction of sp³-hybridized carbons (Fsp3) is 0.417. The number of aromatic nitrogens is 1. The van der Waals surface area contributed by atoms with Crippen molar-refractivity contribution in [3.8, 4) is 0 Å². The second kappa shape index (κ2) is 6.36. The van der Waals surface area contributed by atoms with E-state index in [1.807, 2.05) is 0 Å². The molecule has 0 aliphatic carbocycles. The van der Waals surface area contributed by atoms with Gasteiger partial charge in [0, 0.05) is 26.2 Å². The van der Waals surface area contributed by atoms with Crippen LogP contribution < -0.4 is 0 Å².